The first kappa shape index (κ1) is 20.9. The van der Waals surface area contributed by atoms with Gasteiger partial charge in [0.05, 0.1) is 17.6 Å². The highest BCUT2D eigenvalue weighted by atomic mass is 19.3. The van der Waals surface area contributed by atoms with Crippen molar-refractivity contribution in [2.45, 2.75) is 20.1 Å². The lowest BCUT2D eigenvalue weighted by molar-refractivity contribution is -0.0504. The maximum Gasteiger partial charge on any atom is 0.387 e. The number of aromatic nitrogens is 3. The van der Waals surface area contributed by atoms with Gasteiger partial charge in [-0.2, -0.15) is 8.78 Å². The number of urea groups is 1. The maximum atomic E-state index is 12.8. The lowest BCUT2D eigenvalue weighted by Crippen LogP contribution is -2.28. The van der Waals surface area contributed by atoms with Crippen molar-refractivity contribution in [3.63, 3.8) is 0 Å². The van der Waals surface area contributed by atoms with E-state index in [2.05, 4.69) is 15.3 Å². The predicted octanol–water partition coefficient (Wildman–Crippen LogP) is 4.59. The molecule has 9 heteroatoms. The second kappa shape index (κ2) is 8.50. The van der Waals surface area contributed by atoms with Crippen molar-refractivity contribution in [1.29, 1.82) is 0 Å². The number of fused-ring (bicyclic) bond motifs is 1. The maximum absolute atomic E-state index is 12.8. The molecule has 0 spiro atoms. The summed E-state index contributed by atoms with van der Waals surface area (Å²) in [7, 11) is 0. The largest absolute Gasteiger partial charge is 0.434 e. The summed E-state index contributed by atoms with van der Waals surface area (Å²) >= 11 is 0. The van der Waals surface area contributed by atoms with Crippen LogP contribution in [0.3, 0.4) is 0 Å². The van der Waals surface area contributed by atoms with Crippen LogP contribution in [-0.4, -0.2) is 40.3 Å². The van der Waals surface area contributed by atoms with Crippen molar-refractivity contribution in [3.8, 4) is 16.9 Å². The topological polar surface area (TPSA) is 72.3 Å². The molecule has 33 heavy (non-hydrogen) atoms. The molecule has 1 fully saturated rings. The number of para-hydroxylation sites is 1. The van der Waals surface area contributed by atoms with Crippen LogP contribution in [0.1, 0.15) is 11.4 Å². The number of hydrogen-bond donors (Lipinski definition) is 1. The van der Waals surface area contributed by atoms with Gasteiger partial charge in [-0.1, -0.05) is 24.3 Å². The highest BCUT2D eigenvalue weighted by molar-refractivity contribution is 5.93. The molecule has 2 aromatic carbocycles. The average molecular weight is 449 g/mol. The highest BCUT2D eigenvalue weighted by Gasteiger charge is 2.22. The smallest absolute Gasteiger partial charge is 0.387 e. The van der Waals surface area contributed by atoms with Gasteiger partial charge in [0.1, 0.15) is 17.4 Å². The first-order valence-electron chi connectivity index (χ1n) is 10.5. The van der Waals surface area contributed by atoms with Crippen LogP contribution in [0.15, 0.2) is 60.8 Å². The van der Waals surface area contributed by atoms with Gasteiger partial charge in [0.15, 0.2) is 0 Å². The van der Waals surface area contributed by atoms with Gasteiger partial charge in [-0.3, -0.25) is 4.90 Å². The van der Waals surface area contributed by atoms with E-state index in [9.17, 15) is 13.6 Å². The van der Waals surface area contributed by atoms with Crippen molar-refractivity contribution < 1.29 is 18.3 Å². The van der Waals surface area contributed by atoms with Crippen LogP contribution in [0.5, 0.6) is 5.75 Å². The lowest BCUT2D eigenvalue weighted by atomic mass is 10.1. The monoisotopic (exact) mass is 449 g/mol. The van der Waals surface area contributed by atoms with Gasteiger partial charge in [0.2, 0.25) is 0 Å². The number of benzene rings is 2. The summed E-state index contributed by atoms with van der Waals surface area (Å²) < 4.78 is 32.3. The average Bonchev–Trinajstić information content (AvgIpc) is 3.37. The van der Waals surface area contributed by atoms with Crippen LogP contribution in [0.25, 0.3) is 22.2 Å². The molecule has 5 rings (SSSR count). The minimum atomic E-state index is -2.89. The van der Waals surface area contributed by atoms with Gasteiger partial charge in [-0.15, -0.1) is 0 Å². The number of halogens is 2. The SMILES string of the molecule is Cc1nc2ccc(-c3ccc(N4CCNC4=O)nc3)cc2n1Cc1ccccc1OC(F)F. The Balaban J connectivity index is 1.48. The Bertz CT molecular complexity index is 1320. The van der Waals surface area contributed by atoms with E-state index in [1.54, 1.807) is 29.3 Å². The Labute approximate surface area is 188 Å². The highest BCUT2D eigenvalue weighted by Crippen LogP contribution is 2.28. The van der Waals surface area contributed by atoms with E-state index in [0.717, 1.165) is 28.0 Å². The summed E-state index contributed by atoms with van der Waals surface area (Å²) in [6.07, 6.45) is 1.74. The fraction of sp³-hybridized carbons (Fsp3) is 0.208. The van der Waals surface area contributed by atoms with Gasteiger partial charge >= 0.3 is 12.6 Å². The van der Waals surface area contributed by atoms with Crippen LogP contribution < -0.4 is 15.0 Å². The van der Waals surface area contributed by atoms with E-state index in [1.807, 2.05) is 41.8 Å². The van der Waals surface area contributed by atoms with Crippen molar-refractivity contribution in [2.24, 2.45) is 0 Å². The third-order valence-corrected chi connectivity index (χ3v) is 5.67. The second-order valence-corrected chi connectivity index (χ2v) is 7.72. The van der Waals surface area contributed by atoms with E-state index in [0.29, 0.717) is 31.0 Å². The molecule has 1 aliphatic heterocycles. The minimum absolute atomic E-state index is 0.146. The third kappa shape index (κ3) is 4.09. The third-order valence-electron chi connectivity index (χ3n) is 5.67. The number of nitrogens with zero attached hydrogens (tertiary/aromatic N) is 4. The van der Waals surface area contributed by atoms with Gasteiger partial charge in [0.25, 0.3) is 0 Å². The molecule has 1 aliphatic rings. The van der Waals surface area contributed by atoms with Gasteiger partial charge in [-0.05, 0) is 42.8 Å². The van der Waals surface area contributed by atoms with Crippen molar-refractivity contribution in [1.82, 2.24) is 19.9 Å². The fourth-order valence-electron chi connectivity index (χ4n) is 4.04. The number of alkyl halides is 2. The zero-order valence-electron chi connectivity index (χ0n) is 17.8. The van der Waals surface area contributed by atoms with E-state index in [1.165, 1.54) is 6.07 Å². The Kier molecular flexibility index (Phi) is 5.37. The molecule has 0 atom stereocenters. The summed E-state index contributed by atoms with van der Waals surface area (Å²) in [6, 6.07) is 16.3. The van der Waals surface area contributed by atoms with Crippen molar-refractivity contribution >= 4 is 22.9 Å². The van der Waals surface area contributed by atoms with Crippen LogP contribution in [-0.2, 0) is 6.54 Å². The number of pyridine rings is 1. The molecule has 3 heterocycles. The lowest BCUT2D eigenvalue weighted by Gasteiger charge is -2.14. The molecule has 0 aliphatic carbocycles. The van der Waals surface area contributed by atoms with Crippen molar-refractivity contribution in [3.05, 3.63) is 72.2 Å². The molecule has 0 unspecified atom stereocenters. The molecule has 1 N–H and O–H groups in total. The number of amides is 2. The van der Waals surface area contributed by atoms with E-state index >= 15 is 0 Å². The van der Waals surface area contributed by atoms with Gasteiger partial charge in [0, 0.05) is 30.4 Å². The zero-order valence-corrected chi connectivity index (χ0v) is 17.8. The Morgan fingerprint density at radius 1 is 1.12 bits per heavy atom. The molecule has 0 bridgehead atoms. The summed E-state index contributed by atoms with van der Waals surface area (Å²) in [6.45, 7) is 0.532. The summed E-state index contributed by atoms with van der Waals surface area (Å²) in [5.41, 5.74) is 4.15. The Morgan fingerprint density at radius 2 is 1.94 bits per heavy atom. The van der Waals surface area contributed by atoms with E-state index in [-0.39, 0.29) is 11.8 Å². The number of hydrogen-bond acceptors (Lipinski definition) is 4. The number of nitrogens with one attached hydrogen (secondary N) is 1. The zero-order chi connectivity index (χ0) is 22.9. The van der Waals surface area contributed by atoms with Gasteiger partial charge in [-0.25, -0.2) is 14.8 Å². The number of rotatable bonds is 6. The normalized spacial score (nSPS) is 13.7. The first-order chi connectivity index (χ1) is 16.0. The van der Waals surface area contributed by atoms with Crippen LogP contribution in [0.2, 0.25) is 0 Å². The molecule has 1 saturated heterocycles. The molecule has 7 nitrogen and oxygen atoms in total. The quantitative estimate of drug-likeness (QED) is 0.468. The van der Waals surface area contributed by atoms with E-state index < -0.39 is 6.61 Å². The number of carbonyl (C=O) groups excluding carboxylic acids is 1. The van der Waals surface area contributed by atoms with Gasteiger partial charge < -0.3 is 14.6 Å². The number of imidazole rings is 1. The predicted molar refractivity (Wildman–Crippen MR) is 121 cm³/mol. The summed E-state index contributed by atoms with van der Waals surface area (Å²) in [5.74, 6) is 1.52. The fourth-order valence-corrected chi connectivity index (χ4v) is 4.04. The molecule has 2 aromatic heterocycles. The molecule has 0 saturated carbocycles. The van der Waals surface area contributed by atoms with E-state index in [4.69, 9.17) is 4.74 Å². The molecular weight excluding hydrogens is 428 g/mol. The molecule has 4 aromatic rings. The first-order valence-corrected chi connectivity index (χ1v) is 10.5. The summed E-state index contributed by atoms with van der Waals surface area (Å²) in [4.78, 5) is 22.5. The molecule has 168 valence electrons. The van der Waals surface area contributed by atoms with Crippen LogP contribution >= 0.6 is 0 Å². The standard InChI is InChI=1S/C24H21F2N5O2/c1-15-29-19-8-6-16(17-7-9-22(28-13-17)30-11-10-27-24(30)32)12-20(19)31(15)14-18-4-2-3-5-21(18)33-23(25)26/h2-9,12-13,23H,10-11,14H2,1H3,(H,27,32). The number of ether oxygens (including phenoxy) is 1. The molecule has 2 amide bonds. The number of anilines is 1. The second-order valence-electron chi connectivity index (χ2n) is 7.72. The number of carbonyl (C=O) groups is 1. The Hall–Kier alpha value is -4.01. The molecular formula is C24H21F2N5O2. The summed E-state index contributed by atoms with van der Waals surface area (Å²) in [5, 5.41) is 2.76. The Morgan fingerprint density at radius 3 is 2.67 bits per heavy atom. The van der Waals surface area contributed by atoms with Crippen LogP contribution in [0, 0.1) is 6.92 Å². The van der Waals surface area contributed by atoms with Crippen molar-refractivity contribution in [2.75, 3.05) is 18.0 Å². The number of aryl methyl sites for hydroxylation is 1. The van der Waals surface area contributed by atoms with Crippen LogP contribution in [0.4, 0.5) is 19.4 Å². The minimum Gasteiger partial charge on any atom is -0.434 e. The molecule has 0 radical (unpaired) electrons.